The average molecular weight is 393 g/mol. The Hall–Kier alpha value is -1.13. The minimum absolute atomic E-state index is 0.161. The summed E-state index contributed by atoms with van der Waals surface area (Å²) in [6.07, 6.45) is -5.23. The summed E-state index contributed by atoms with van der Waals surface area (Å²) in [6.45, 7) is -1.07. The highest BCUT2D eigenvalue weighted by Crippen LogP contribution is 2.26. The van der Waals surface area contributed by atoms with Gasteiger partial charge < -0.3 is 9.47 Å². The van der Waals surface area contributed by atoms with Gasteiger partial charge in [0.05, 0.1) is 19.2 Å². The summed E-state index contributed by atoms with van der Waals surface area (Å²) in [5.74, 6) is -1.47. The number of rotatable bonds is 4. The smallest absolute Gasteiger partial charge is 0.469 e. The third-order valence-corrected chi connectivity index (χ3v) is 3.30. The molecular weight excluding hydrogens is 385 g/mol. The molecule has 0 saturated heterocycles. The molecule has 0 fully saturated rings. The fourth-order valence-electron chi connectivity index (χ4n) is 1.23. The van der Waals surface area contributed by atoms with Crippen molar-refractivity contribution < 1.29 is 31.8 Å². The van der Waals surface area contributed by atoms with E-state index in [-0.39, 0.29) is 21.2 Å². The van der Waals surface area contributed by atoms with Crippen LogP contribution >= 0.6 is 22.6 Å². The van der Waals surface area contributed by atoms with E-state index in [0.29, 0.717) is 0 Å². The van der Waals surface area contributed by atoms with E-state index >= 15 is 0 Å². The van der Waals surface area contributed by atoms with Gasteiger partial charge in [-0.2, -0.15) is 0 Å². The number of hydrogen-bond acceptors (Lipinski definition) is 4. The third-order valence-electron chi connectivity index (χ3n) is 1.99. The van der Waals surface area contributed by atoms with Gasteiger partial charge in [-0.1, -0.05) is 0 Å². The molecule has 4 nitrogen and oxygen atoms in total. The quantitative estimate of drug-likeness (QED) is 0.449. The number of aromatic nitrogens is 1. The van der Waals surface area contributed by atoms with Crippen LogP contribution in [0.3, 0.4) is 0 Å². The van der Waals surface area contributed by atoms with E-state index in [2.05, 4.69) is 14.5 Å². The normalized spacial score (nSPS) is 11.3. The standard InChI is InChI=1S/C10H8F4INO3/c1-18-8(17)3-5-2-7(19-10(12,13)14)16-6(4-11)9(5)15/h2H,3-4H2,1H3. The van der Waals surface area contributed by atoms with Gasteiger partial charge in [-0.25, -0.2) is 9.37 Å². The lowest BCUT2D eigenvalue weighted by atomic mass is 10.1. The second kappa shape index (κ2) is 6.35. The Morgan fingerprint density at radius 3 is 2.58 bits per heavy atom. The topological polar surface area (TPSA) is 48.4 Å². The Morgan fingerprint density at radius 1 is 1.47 bits per heavy atom. The maximum absolute atomic E-state index is 12.7. The Balaban J connectivity index is 3.14. The van der Waals surface area contributed by atoms with Gasteiger partial charge in [0.25, 0.3) is 0 Å². The minimum atomic E-state index is -4.93. The molecule has 106 valence electrons. The molecule has 0 bridgehead atoms. The summed E-state index contributed by atoms with van der Waals surface area (Å²) in [5.41, 5.74) is -0.0596. The van der Waals surface area contributed by atoms with Crippen LogP contribution in [-0.2, 0) is 22.6 Å². The van der Waals surface area contributed by atoms with E-state index in [1.54, 1.807) is 22.6 Å². The van der Waals surface area contributed by atoms with E-state index in [1.165, 1.54) is 0 Å². The zero-order valence-corrected chi connectivity index (χ0v) is 11.7. The summed E-state index contributed by atoms with van der Waals surface area (Å²) < 4.78 is 57.2. The molecule has 1 aromatic heterocycles. The van der Waals surface area contributed by atoms with Gasteiger partial charge in [0.15, 0.2) is 0 Å². The molecule has 0 aliphatic carbocycles. The molecule has 0 spiro atoms. The van der Waals surface area contributed by atoms with Crippen molar-refractivity contribution in [2.45, 2.75) is 19.5 Å². The highest BCUT2D eigenvalue weighted by atomic mass is 127. The first-order chi connectivity index (χ1) is 8.76. The molecule has 0 unspecified atom stereocenters. The highest BCUT2D eigenvalue weighted by Gasteiger charge is 2.32. The van der Waals surface area contributed by atoms with Crippen LogP contribution in [0.15, 0.2) is 6.07 Å². The summed E-state index contributed by atoms with van der Waals surface area (Å²) >= 11 is 1.70. The van der Waals surface area contributed by atoms with Crippen LogP contribution in [0, 0.1) is 3.57 Å². The monoisotopic (exact) mass is 393 g/mol. The number of alkyl halides is 4. The summed E-state index contributed by atoms with van der Waals surface area (Å²) in [4.78, 5) is 14.5. The van der Waals surface area contributed by atoms with Crippen molar-refractivity contribution in [3.05, 3.63) is 20.9 Å². The van der Waals surface area contributed by atoms with Crippen LogP contribution in [-0.4, -0.2) is 24.4 Å². The van der Waals surface area contributed by atoms with Gasteiger partial charge in [-0.15, -0.1) is 13.2 Å². The first-order valence-corrected chi connectivity index (χ1v) is 5.91. The van der Waals surface area contributed by atoms with E-state index in [4.69, 9.17) is 0 Å². The van der Waals surface area contributed by atoms with Gasteiger partial charge in [-0.3, -0.25) is 4.79 Å². The lowest BCUT2D eigenvalue weighted by Gasteiger charge is -2.12. The van der Waals surface area contributed by atoms with Gasteiger partial charge >= 0.3 is 12.3 Å². The van der Waals surface area contributed by atoms with Crippen molar-refractivity contribution in [3.8, 4) is 5.88 Å². The molecule has 1 rings (SSSR count). The van der Waals surface area contributed by atoms with E-state index < -0.39 is 24.9 Å². The molecule has 0 atom stereocenters. The fourth-order valence-corrected chi connectivity index (χ4v) is 1.84. The van der Waals surface area contributed by atoms with Crippen molar-refractivity contribution >= 4 is 28.6 Å². The predicted octanol–water partition coefficient (Wildman–Crippen LogP) is 2.77. The van der Waals surface area contributed by atoms with Gasteiger partial charge in [0.2, 0.25) is 5.88 Å². The molecule has 0 radical (unpaired) electrons. The summed E-state index contributed by atoms with van der Waals surface area (Å²) in [5, 5.41) is 0. The minimum Gasteiger partial charge on any atom is -0.469 e. The van der Waals surface area contributed by atoms with E-state index in [0.717, 1.165) is 13.2 Å². The summed E-state index contributed by atoms with van der Waals surface area (Å²) in [6, 6.07) is 0.936. The number of halogens is 5. The lowest BCUT2D eigenvalue weighted by Crippen LogP contribution is -2.19. The average Bonchev–Trinajstić information content (AvgIpc) is 2.30. The predicted molar refractivity (Wildman–Crippen MR) is 64.2 cm³/mol. The van der Waals surface area contributed by atoms with Gasteiger partial charge in [0.1, 0.15) is 6.67 Å². The molecule has 1 heterocycles. The van der Waals surface area contributed by atoms with Gasteiger partial charge in [0, 0.05) is 9.64 Å². The lowest BCUT2D eigenvalue weighted by molar-refractivity contribution is -0.276. The highest BCUT2D eigenvalue weighted by molar-refractivity contribution is 14.1. The van der Waals surface area contributed by atoms with Crippen molar-refractivity contribution in [1.82, 2.24) is 4.98 Å². The van der Waals surface area contributed by atoms with Crippen LogP contribution < -0.4 is 4.74 Å². The first-order valence-electron chi connectivity index (χ1n) is 4.83. The molecule has 9 heteroatoms. The number of pyridine rings is 1. The number of ether oxygens (including phenoxy) is 2. The van der Waals surface area contributed by atoms with Crippen LogP contribution in [0.5, 0.6) is 5.88 Å². The number of methoxy groups -OCH3 is 1. The van der Waals surface area contributed by atoms with Crippen molar-refractivity contribution in [2.75, 3.05) is 7.11 Å². The zero-order chi connectivity index (χ0) is 14.6. The number of hydrogen-bond donors (Lipinski definition) is 0. The fraction of sp³-hybridized carbons (Fsp3) is 0.400. The SMILES string of the molecule is COC(=O)Cc1cc(OC(F)(F)F)nc(CF)c1I. The summed E-state index contributed by atoms with van der Waals surface area (Å²) in [7, 11) is 1.14. The number of carbonyl (C=O) groups excluding carboxylic acids is 1. The van der Waals surface area contributed by atoms with Crippen molar-refractivity contribution in [1.29, 1.82) is 0 Å². The molecule has 0 aromatic carbocycles. The molecule has 0 amide bonds. The van der Waals surface area contributed by atoms with Crippen molar-refractivity contribution in [3.63, 3.8) is 0 Å². The molecule has 19 heavy (non-hydrogen) atoms. The molecule has 0 N–H and O–H groups in total. The van der Waals surface area contributed by atoms with Crippen LogP contribution in [0.2, 0.25) is 0 Å². The van der Waals surface area contributed by atoms with Crippen LogP contribution in [0.25, 0.3) is 0 Å². The Bertz CT molecular complexity index is 479. The molecule has 0 aliphatic rings. The Labute approximate surface area is 119 Å². The van der Waals surface area contributed by atoms with Crippen LogP contribution in [0.4, 0.5) is 17.6 Å². The Morgan fingerprint density at radius 2 is 2.11 bits per heavy atom. The Kier molecular flexibility index (Phi) is 5.32. The molecular formula is C10H8F4INO3. The maximum atomic E-state index is 12.7. The molecule has 1 aromatic rings. The first kappa shape index (κ1) is 15.9. The third kappa shape index (κ3) is 4.80. The second-order valence-electron chi connectivity index (χ2n) is 3.31. The number of carbonyl (C=O) groups is 1. The number of nitrogens with zero attached hydrogens (tertiary/aromatic N) is 1. The molecule has 0 saturated carbocycles. The number of esters is 1. The second-order valence-corrected chi connectivity index (χ2v) is 4.39. The largest absolute Gasteiger partial charge is 0.574 e. The van der Waals surface area contributed by atoms with E-state index in [1.807, 2.05) is 0 Å². The maximum Gasteiger partial charge on any atom is 0.574 e. The van der Waals surface area contributed by atoms with Gasteiger partial charge in [-0.05, 0) is 28.2 Å². The van der Waals surface area contributed by atoms with Crippen molar-refractivity contribution in [2.24, 2.45) is 0 Å². The van der Waals surface area contributed by atoms with E-state index in [9.17, 15) is 22.4 Å². The molecule has 0 aliphatic heterocycles. The van der Waals surface area contributed by atoms with Crippen LogP contribution in [0.1, 0.15) is 11.3 Å². The zero-order valence-electron chi connectivity index (χ0n) is 9.55.